The molecule has 4 nitrogen and oxygen atoms in total. The van der Waals surface area contributed by atoms with Gasteiger partial charge in [-0.25, -0.2) is 0 Å². The molecule has 0 aliphatic carbocycles. The van der Waals surface area contributed by atoms with E-state index in [1.807, 2.05) is 12.1 Å². The van der Waals surface area contributed by atoms with Crippen LogP contribution in [0.25, 0.3) is 0 Å². The summed E-state index contributed by atoms with van der Waals surface area (Å²) in [7, 11) is 1.61. The molecular weight excluding hydrogens is 218 g/mol. The summed E-state index contributed by atoms with van der Waals surface area (Å²) in [6, 6.07) is 7.23. The molecule has 0 bridgehead atoms. The highest BCUT2D eigenvalue weighted by Gasteiger charge is 2.14. The van der Waals surface area contributed by atoms with E-state index in [1.165, 1.54) is 0 Å². The van der Waals surface area contributed by atoms with Crippen molar-refractivity contribution in [1.29, 1.82) is 0 Å². The third-order valence-electron chi connectivity index (χ3n) is 2.18. The average molecular weight is 237 g/mol. The SMILES string of the molecule is COCc1cccc(C(=O)NCC(C)(C)O)c1. The van der Waals surface area contributed by atoms with Crippen molar-refractivity contribution in [2.45, 2.75) is 26.1 Å². The van der Waals surface area contributed by atoms with Gasteiger partial charge in [-0.2, -0.15) is 0 Å². The van der Waals surface area contributed by atoms with Crippen molar-refractivity contribution in [2.24, 2.45) is 0 Å². The average Bonchev–Trinajstić information content (AvgIpc) is 2.26. The van der Waals surface area contributed by atoms with Crippen LogP contribution in [0.15, 0.2) is 24.3 Å². The molecule has 0 atom stereocenters. The van der Waals surface area contributed by atoms with Gasteiger partial charge in [-0.3, -0.25) is 4.79 Å². The molecule has 94 valence electrons. The first kappa shape index (κ1) is 13.7. The molecule has 1 aromatic rings. The largest absolute Gasteiger partial charge is 0.389 e. The van der Waals surface area contributed by atoms with Crippen LogP contribution in [0.4, 0.5) is 0 Å². The van der Waals surface area contributed by atoms with Crippen LogP contribution in [-0.2, 0) is 11.3 Å². The molecule has 4 heteroatoms. The number of carbonyl (C=O) groups excluding carboxylic acids is 1. The van der Waals surface area contributed by atoms with Crippen LogP contribution in [0.3, 0.4) is 0 Å². The van der Waals surface area contributed by atoms with Gasteiger partial charge in [0.05, 0.1) is 12.2 Å². The highest BCUT2D eigenvalue weighted by Crippen LogP contribution is 2.07. The topological polar surface area (TPSA) is 58.6 Å². The Bertz CT molecular complexity index is 382. The van der Waals surface area contributed by atoms with Gasteiger partial charge in [0, 0.05) is 19.2 Å². The Labute approximate surface area is 102 Å². The van der Waals surface area contributed by atoms with E-state index in [2.05, 4.69) is 5.32 Å². The zero-order valence-corrected chi connectivity index (χ0v) is 10.5. The molecule has 2 N–H and O–H groups in total. The molecule has 1 amide bonds. The van der Waals surface area contributed by atoms with Crippen LogP contribution in [0.2, 0.25) is 0 Å². The van der Waals surface area contributed by atoms with Gasteiger partial charge in [0.1, 0.15) is 0 Å². The molecule has 1 aromatic carbocycles. The van der Waals surface area contributed by atoms with Gasteiger partial charge in [0.25, 0.3) is 5.91 Å². The van der Waals surface area contributed by atoms with E-state index in [9.17, 15) is 9.90 Å². The number of rotatable bonds is 5. The molecular formula is C13H19NO3. The summed E-state index contributed by atoms with van der Waals surface area (Å²) in [5.41, 5.74) is 0.618. The Morgan fingerprint density at radius 1 is 1.47 bits per heavy atom. The van der Waals surface area contributed by atoms with E-state index in [0.29, 0.717) is 12.2 Å². The highest BCUT2D eigenvalue weighted by molar-refractivity contribution is 5.94. The van der Waals surface area contributed by atoms with Crippen molar-refractivity contribution in [2.75, 3.05) is 13.7 Å². The minimum Gasteiger partial charge on any atom is -0.389 e. The summed E-state index contributed by atoms with van der Waals surface area (Å²) in [6.45, 7) is 4.00. The molecule has 1 rings (SSSR count). The predicted octanol–water partition coefficient (Wildman–Crippen LogP) is 1.33. The number of aliphatic hydroxyl groups is 1. The zero-order valence-electron chi connectivity index (χ0n) is 10.5. The number of benzene rings is 1. The summed E-state index contributed by atoms with van der Waals surface area (Å²) >= 11 is 0. The minimum absolute atomic E-state index is 0.190. The monoisotopic (exact) mass is 237 g/mol. The molecule has 0 aromatic heterocycles. The van der Waals surface area contributed by atoms with Crippen LogP contribution in [0.1, 0.15) is 29.8 Å². The quantitative estimate of drug-likeness (QED) is 0.812. The number of hydrogen-bond donors (Lipinski definition) is 2. The van der Waals surface area contributed by atoms with Crippen LogP contribution < -0.4 is 5.32 Å². The first-order chi connectivity index (χ1) is 7.92. The summed E-state index contributed by atoms with van der Waals surface area (Å²) in [5, 5.41) is 12.2. The van der Waals surface area contributed by atoms with Crippen LogP contribution in [-0.4, -0.2) is 30.3 Å². The second-order valence-corrected chi connectivity index (χ2v) is 4.63. The van der Waals surface area contributed by atoms with Crippen LogP contribution in [0, 0.1) is 0 Å². The van der Waals surface area contributed by atoms with E-state index in [0.717, 1.165) is 5.56 Å². The summed E-state index contributed by atoms with van der Waals surface area (Å²) in [4.78, 5) is 11.8. The fraction of sp³-hybridized carbons (Fsp3) is 0.462. The highest BCUT2D eigenvalue weighted by atomic mass is 16.5. The molecule has 0 aliphatic heterocycles. The maximum atomic E-state index is 11.8. The number of hydrogen-bond acceptors (Lipinski definition) is 3. The second-order valence-electron chi connectivity index (χ2n) is 4.63. The van der Waals surface area contributed by atoms with E-state index in [1.54, 1.807) is 33.1 Å². The van der Waals surface area contributed by atoms with Gasteiger partial charge in [-0.05, 0) is 31.5 Å². The molecule has 0 radical (unpaired) electrons. The lowest BCUT2D eigenvalue weighted by molar-refractivity contribution is 0.0694. The van der Waals surface area contributed by atoms with E-state index in [4.69, 9.17) is 4.74 Å². The van der Waals surface area contributed by atoms with Crippen molar-refractivity contribution in [3.8, 4) is 0 Å². The lowest BCUT2D eigenvalue weighted by Gasteiger charge is -2.17. The zero-order chi connectivity index (χ0) is 12.9. The predicted molar refractivity (Wildman–Crippen MR) is 65.8 cm³/mol. The van der Waals surface area contributed by atoms with Gasteiger partial charge >= 0.3 is 0 Å². The Balaban J connectivity index is 2.65. The van der Waals surface area contributed by atoms with Crippen molar-refractivity contribution in [1.82, 2.24) is 5.32 Å². The first-order valence-corrected chi connectivity index (χ1v) is 5.51. The Kier molecular flexibility index (Phi) is 4.66. The minimum atomic E-state index is -0.903. The van der Waals surface area contributed by atoms with E-state index >= 15 is 0 Å². The van der Waals surface area contributed by atoms with E-state index < -0.39 is 5.60 Å². The molecule has 17 heavy (non-hydrogen) atoms. The molecule has 0 spiro atoms. The third-order valence-corrected chi connectivity index (χ3v) is 2.18. The first-order valence-electron chi connectivity index (χ1n) is 5.51. The van der Waals surface area contributed by atoms with Gasteiger partial charge in [0.2, 0.25) is 0 Å². The van der Waals surface area contributed by atoms with E-state index in [-0.39, 0.29) is 12.5 Å². The Morgan fingerprint density at radius 3 is 2.76 bits per heavy atom. The van der Waals surface area contributed by atoms with Crippen molar-refractivity contribution in [3.05, 3.63) is 35.4 Å². The Hall–Kier alpha value is -1.39. The number of amides is 1. The normalized spacial score (nSPS) is 11.3. The van der Waals surface area contributed by atoms with Gasteiger partial charge in [-0.1, -0.05) is 12.1 Å². The van der Waals surface area contributed by atoms with Gasteiger partial charge in [0.15, 0.2) is 0 Å². The third kappa shape index (κ3) is 4.97. The smallest absolute Gasteiger partial charge is 0.251 e. The Morgan fingerprint density at radius 2 is 2.18 bits per heavy atom. The van der Waals surface area contributed by atoms with Crippen molar-refractivity contribution < 1.29 is 14.6 Å². The molecule has 0 saturated carbocycles. The standard InChI is InChI=1S/C13H19NO3/c1-13(2,16)9-14-12(15)11-6-4-5-10(7-11)8-17-3/h4-7,16H,8-9H2,1-3H3,(H,14,15). The maximum Gasteiger partial charge on any atom is 0.251 e. The number of carbonyl (C=O) groups is 1. The molecule has 0 heterocycles. The maximum absolute atomic E-state index is 11.8. The molecule has 0 fully saturated rings. The summed E-state index contributed by atoms with van der Waals surface area (Å²) in [5.74, 6) is -0.190. The van der Waals surface area contributed by atoms with Crippen molar-refractivity contribution >= 4 is 5.91 Å². The summed E-state index contributed by atoms with van der Waals surface area (Å²) < 4.78 is 5.01. The fourth-order valence-electron chi connectivity index (χ4n) is 1.37. The summed E-state index contributed by atoms with van der Waals surface area (Å²) in [6.07, 6.45) is 0. The van der Waals surface area contributed by atoms with Gasteiger partial charge in [-0.15, -0.1) is 0 Å². The second kappa shape index (κ2) is 5.80. The molecule has 0 saturated heterocycles. The molecule has 0 unspecified atom stereocenters. The lowest BCUT2D eigenvalue weighted by Crippen LogP contribution is -2.38. The molecule has 0 aliphatic rings. The van der Waals surface area contributed by atoms with Gasteiger partial charge < -0.3 is 15.2 Å². The fourth-order valence-corrected chi connectivity index (χ4v) is 1.37. The number of nitrogens with one attached hydrogen (secondary N) is 1. The number of methoxy groups -OCH3 is 1. The van der Waals surface area contributed by atoms with Crippen molar-refractivity contribution in [3.63, 3.8) is 0 Å². The number of ether oxygens (including phenoxy) is 1. The van der Waals surface area contributed by atoms with Crippen LogP contribution in [0.5, 0.6) is 0 Å². The van der Waals surface area contributed by atoms with Crippen LogP contribution >= 0.6 is 0 Å². The lowest BCUT2D eigenvalue weighted by atomic mass is 10.1.